The summed E-state index contributed by atoms with van der Waals surface area (Å²) in [6, 6.07) is 23.1. The van der Waals surface area contributed by atoms with Crippen LogP contribution in [0.3, 0.4) is 0 Å². The first-order chi connectivity index (χ1) is 13.9. The average molecular weight is 388 g/mol. The molecule has 2 N–H and O–H groups in total. The highest BCUT2D eigenvalue weighted by atomic mass is 16.5. The van der Waals surface area contributed by atoms with E-state index in [9.17, 15) is 9.59 Å². The number of carbonyl (C=O) groups excluding carboxylic acids is 2. The number of benzene rings is 3. The van der Waals surface area contributed by atoms with Crippen molar-refractivity contribution in [3.8, 4) is 16.9 Å². The SMILES string of the molecule is CC(=O)Nc1cc(NC(=O)C(C)Oc2ccc(-c3ccccc3)cc2)ccc1C. The molecule has 148 valence electrons. The van der Waals surface area contributed by atoms with E-state index in [4.69, 9.17) is 4.74 Å². The van der Waals surface area contributed by atoms with E-state index in [1.54, 1.807) is 19.1 Å². The lowest BCUT2D eigenvalue weighted by Crippen LogP contribution is -2.30. The molecule has 2 amide bonds. The summed E-state index contributed by atoms with van der Waals surface area (Å²) < 4.78 is 5.78. The molecule has 0 bridgehead atoms. The van der Waals surface area contributed by atoms with Crippen LogP contribution in [0.1, 0.15) is 19.4 Å². The van der Waals surface area contributed by atoms with Crippen LogP contribution in [0.4, 0.5) is 11.4 Å². The topological polar surface area (TPSA) is 67.4 Å². The zero-order valence-corrected chi connectivity index (χ0v) is 16.7. The summed E-state index contributed by atoms with van der Waals surface area (Å²) in [5.74, 6) is 0.192. The number of hydrogen-bond donors (Lipinski definition) is 2. The Hall–Kier alpha value is -3.60. The molecule has 0 aromatic heterocycles. The molecule has 0 spiro atoms. The fourth-order valence-electron chi connectivity index (χ4n) is 2.88. The summed E-state index contributed by atoms with van der Waals surface area (Å²) in [4.78, 5) is 23.8. The molecule has 0 saturated carbocycles. The molecule has 0 saturated heterocycles. The van der Waals surface area contributed by atoms with Crippen LogP contribution in [0.5, 0.6) is 5.75 Å². The number of aryl methyl sites for hydroxylation is 1. The van der Waals surface area contributed by atoms with Gasteiger partial charge in [0.2, 0.25) is 5.91 Å². The number of carbonyl (C=O) groups is 2. The molecule has 1 unspecified atom stereocenters. The minimum absolute atomic E-state index is 0.160. The van der Waals surface area contributed by atoms with Crippen LogP contribution < -0.4 is 15.4 Å². The monoisotopic (exact) mass is 388 g/mol. The molecule has 3 aromatic carbocycles. The second-order valence-electron chi connectivity index (χ2n) is 6.85. The number of amides is 2. The van der Waals surface area contributed by atoms with Crippen molar-refractivity contribution in [2.45, 2.75) is 26.9 Å². The van der Waals surface area contributed by atoms with Gasteiger partial charge in [-0.1, -0.05) is 48.5 Å². The lowest BCUT2D eigenvalue weighted by molar-refractivity contribution is -0.122. The molecular formula is C24H24N2O3. The van der Waals surface area contributed by atoms with Gasteiger partial charge in [0.15, 0.2) is 6.10 Å². The number of hydrogen-bond acceptors (Lipinski definition) is 3. The van der Waals surface area contributed by atoms with Gasteiger partial charge in [-0.3, -0.25) is 9.59 Å². The maximum atomic E-state index is 12.5. The van der Waals surface area contributed by atoms with Crippen LogP contribution in [0.15, 0.2) is 72.8 Å². The van der Waals surface area contributed by atoms with E-state index >= 15 is 0 Å². The van der Waals surface area contributed by atoms with Crippen molar-refractivity contribution in [3.63, 3.8) is 0 Å². The molecule has 3 aromatic rings. The lowest BCUT2D eigenvalue weighted by atomic mass is 10.1. The van der Waals surface area contributed by atoms with Gasteiger partial charge in [0.25, 0.3) is 5.91 Å². The average Bonchev–Trinajstić information content (AvgIpc) is 2.71. The van der Waals surface area contributed by atoms with Gasteiger partial charge in [-0.15, -0.1) is 0 Å². The minimum Gasteiger partial charge on any atom is -0.481 e. The van der Waals surface area contributed by atoms with E-state index in [0.717, 1.165) is 16.7 Å². The van der Waals surface area contributed by atoms with Crippen molar-refractivity contribution in [1.29, 1.82) is 0 Å². The molecule has 5 nitrogen and oxygen atoms in total. The van der Waals surface area contributed by atoms with Crippen LogP contribution in [0, 0.1) is 6.92 Å². The van der Waals surface area contributed by atoms with Gasteiger partial charge in [-0.2, -0.15) is 0 Å². The van der Waals surface area contributed by atoms with E-state index in [1.807, 2.05) is 67.6 Å². The molecular weight excluding hydrogens is 364 g/mol. The summed E-state index contributed by atoms with van der Waals surface area (Å²) in [7, 11) is 0. The third kappa shape index (κ3) is 5.45. The molecule has 29 heavy (non-hydrogen) atoms. The number of rotatable bonds is 6. The van der Waals surface area contributed by atoms with Gasteiger partial charge < -0.3 is 15.4 Å². The van der Waals surface area contributed by atoms with Gasteiger partial charge in [-0.05, 0) is 54.8 Å². The van der Waals surface area contributed by atoms with Crippen LogP contribution in [0.25, 0.3) is 11.1 Å². The molecule has 0 heterocycles. The summed E-state index contributed by atoms with van der Waals surface area (Å²) in [5.41, 5.74) is 4.39. The second-order valence-corrected chi connectivity index (χ2v) is 6.85. The normalized spacial score (nSPS) is 11.4. The van der Waals surface area contributed by atoms with E-state index in [2.05, 4.69) is 10.6 Å². The maximum absolute atomic E-state index is 12.5. The van der Waals surface area contributed by atoms with Gasteiger partial charge in [-0.25, -0.2) is 0 Å². The Balaban J connectivity index is 1.63. The Bertz CT molecular complexity index is 998. The molecule has 0 aliphatic heterocycles. The quantitative estimate of drug-likeness (QED) is 0.623. The standard InChI is InChI=1S/C24H24N2O3/c1-16-9-12-21(15-23(16)25-18(3)27)26-24(28)17(2)29-22-13-10-20(11-14-22)19-7-5-4-6-8-19/h4-15,17H,1-3H3,(H,25,27)(H,26,28). The second kappa shape index (κ2) is 9.06. The first kappa shape index (κ1) is 20.1. The van der Waals surface area contributed by atoms with Crippen molar-refractivity contribution in [1.82, 2.24) is 0 Å². The zero-order chi connectivity index (χ0) is 20.8. The van der Waals surface area contributed by atoms with E-state index in [1.165, 1.54) is 6.92 Å². The highest BCUT2D eigenvalue weighted by Crippen LogP contribution is 2.23. The highest BCUT2D eigenvalue weighted by Gasteiger charge is 2.15. The van der Waals surface area contributed by atoms with Crippen molar-refractivity contribution in [2.24, 2.45) is 0 Å². The fourth-order valence-corrected chi connectivity index (χ4v) is 2.88. The van der Waals surface area contributed by atoms with E-state index in [0.29, 0.717) is 17.1 Å². The van der Waals surface area contributed by atoms with Crippen molar-refractivity contribution in [3.05, 3.63) is 78.4 Å². The molecule has 3 rings (SSSR count). The fraction of sp³-hybridized carbons (Fsp3) is 0.167. The van der Waals surface area contributed by atoms with Crippen molar-refractivity contribution < 1.29 is 14.3 Å². The van der Waals surface area contributed by atoms with Gasteiger partial charge in [0, 0.05) is 18.3 Å². The summed E-state index contributed by atoms with van der Waals surface area (Å²) >= 11 is 0. The zero-order valence-electron chi connectivity index (χ0n) is 16.7. The summed E-state index contributed by atoms with van der Waals surface area (Å²) in [6.45, 7) is 5.04. The van der Waals surface area contributed by atoms with Crippen molar-refractivity contribution >= 4 is 23.2 Å². The Morgan fingerprint density at radius 3 is 2.17 bits per heavy atom. The Morgan fingerprint density at radius 1 is 0.862 bits per heavy atom. The van der Waals surface area contributed by atoms with Crippen LogP contribution >= 0.6 is 0 Å². The van der Waals surface area contributed by atoms with E-state index in [-0.39, 0.29) is 11.8 Å². The number of nitrogens with one attached hydrogen (secondary N) is 2. The third-order valence-corrected chi connectivity index (χ3v) is 4.46. The number of ether oxygens (including phenoxy) is 1. The molecule has 0 aliphatic carbocycles. The number of anilines is 2. The predicted molar refractivity (Wildman–Crippen MR) is 116 cm³/mol. The molecule has 0 fully saturated rings. The first-order valence-electron chi connectivity index (χ1n) is 9.43. The molecule has 1 atom stereocenters. The molecule has 0 radical (unpaired) electrons. The van der Waals surface area contributed by atoms with Gasteiger partial charge in [0.05, 0.1) is 0 Å². The third-order valence-electron chi connectivity index (χ3n) is 4.46. The molecule has 5 heteroatoms. The Morgan fingerprint density at radius 2 is 1.52 bits per heavy atom. The summed E-state index contributed by atoms with van der Waals surface area (Å²) in [5, 5.41) is 5.58. The Kier molecular flexibility index (Phi) is 6.29. The lowest BCUT2D eigenvalue weighted by Gasteiger charge is -2.16. The highest BCUT2D eigenvalue weighted by molar-refractivity contribution is 5.96. The van der Waals surface area contributed by atoms with Gasteiger partial charge in [0.1, 0.15) is 5.75 Å². The smallest absolute Gasteiger partial charge is 0.265 e. The minimum atomic E-state index is -0.678. The first-order valence-corrected chi connectivity index (χ1v) is 9.43. The summed E-state index contributed by atoms with van der Waals surface area (Å²) in [6.07, 6.45) is -0.678. The van der Waals surface area contributed by atoms with Gasteiger partial charge >= 0.3 is 0 Å². The van der Waals surface area contributed by atoms with Crippen LogP contribution in [-0.2, 0) is 9.59 Å². The largest absolute Gasteiger partial charge is 0.481 e. The van der Waals surface area contributed by atoms with Crippen molar-refractivity contribution in [2.75, 3.05) is 10.6 Å². The van der Waals surface area contributed by atoms with Crippen LogP contribution in [-0.4, -0.2) is 17.9 Å². The molecule has 0 aliphatic rings. The maximum Gasteiger partial charge on any atom is 0.265 e. The Labute approximate surface area is 170 Å². The van der Waals surface area contributed by atoms with E-state index < -0.39 is 6.10 Å². The van der Waals surface area contributed by atoms with Crippen LogP contribution in [0.2, 0.25) is 0 Å². The predicted octanol–water partition coefficient (Wildman–Crippen LogP) is 5.03.